The fraction of sp³-hybridized carbons (Fsp3) is 0.133. The van der Waals surface area contributed by atoms with Crippen molar-refractivity contribution in [2.75, 3.05) is 0 Å². The van der Waals surface area contributed by atoms with E-state index in [1.165, 1.54) is 0 Å². The van der Waals surface area contributed by atoms with Crippen molar-refractivity contribution in [1.82, 2.24) is 9.55 Å². The number of aliphatic hydroxyl groups excluding tert-OH is 1. The van der Waals surface area contributed by atoms with Crippen molar-refractivity contribution in [2.45, 2.75) is 13.5 Å². The van der Waals surface area contributed by atoms with Gasteiger partial charge in [0.2, 0.25) is 0 Å². The smallest absolute Gasteiger partial charge is 0.111 e. The molecule has 1 heterocycles. The van der Waals surface area contributed by atoms with Crippen molar-refractivity contribution in [1.29, 1.82) is 0 Å². The topological polar surface area (TPSA) is 38.1 Å². The number of nitrogens with zero attached hydrogens (tertiary/aromatic N) is 2. The molecule has 0 atom stereocenters. The van der Waals surface area contributed by atoms with E-state index >= 15 is 0 Å². The number of aromatic nitrogens is 2. The first kappa shape index (κ1) is 11.0. The number of hydrogen-bond donors (Lipinski definition) is 1. The molecule has 0 saturated carbocycles. The summed E-state index contributed by atoms with van der Waals surface area (Å²) in [4.78, 5) is 4.55. The highest BCUT2D eigenvalue weighted by atomic mass is 16.3. The van der Waals surface area contributed by atoms with Crippen LogP contribution in [0, 0.1) is 6.92 Å². The Kier molecular flexibility index (Phi) is 2.61. The third-order valence-corrected chi connectivity index (χ3v) is 3.08. The molecule has 0 saturated heterocycles. The summed E-state index contributed by atoms with van der Waals surface area (Å²) in [6, 6.07) is 16.0. The molecule has 3 heteroatoms. The Morgan fingerprint density at radius 3 is 2.61 bits per heavy atom. The lowest BCUT2D eigenvalue weighted by atomic mass is 10.2. The zero-order valence-electron chi connectivity index (χ0n) is 10.2. The fourth-order valence-corrected chi connectivity index (χ4v) is 2.25. The fourth-order valence-electron chi connectivity index (χ4n) is 2.25. The Hall–Kier alpha value is -2.13. The molecular weight excluding hydrogens is 224 g/mol. The molecule has 0 aliphatic heterocycles. The second-order valence-corrected chi connectivity index (χ2v) is 4.31. The van der Waals surface area contributed by atoms with Gasteiger partial charge in [-0.05, 0) is 36.8 Å². The Labute approximate surface area is 105 Å². The van der Waals surface area contributed by atoms with Gasteiger partial charge < -0.3 is 5.11 Å². The van der Waals surface area contributed by atoms with E-state index < -0.39 is 0 Å². The van der Waals surface area contributed by atoms with Crippen molar-refractivity contribution < 1.29 is 5.11 Å². The number of para-hydroxylation sites is 1. The second-order valence-electron chi connectivity index (χ2n) is 4.31. The number of imidazole rings is 1. The predicted molar refractivity (Wildman–Crippen MR) is 71.7 cm³/mol. The minimum atomic E-state index is 0.0488. The molecule has 0 amide bonds. The van der Waals surface area contributed by atoms with Gasteiger partial charge >= 0.3 is 0 Å². The third-order valence-electron chi connectivity index (χ3n) is 3.08. The number of fused-ring (bicyclic) bond motifs is 1. The Balaban J connectivity index is 2.27. The van der Waals surface area contributed by atoms with Crippen LogP contribution in [0.25, 0.3) is 16.7 Å². The standard InChI is InChI=1S/C15H14N2O/c1-11-16-14-9-12(10-18)7-8-15(14)17(11)13-5-3-2-4-6-13/h2-9,18H,10H2,1H3. The van der Waals surface area contributed by atoms with Crippen molar-refractivity contribution in [3.63, 3.8) is 0 Å². The molecule has 0 aliphatic carbocycles. The van der Waals surface area contributed by atoms with Crippen LogP contribution < -0.4 is 0 Å². The average Bonchev–Trinajstić information content (AvgIpc) is 2.74. The highest BCUT2D eigenvalue weighted by Crippen LogP contribution is 2.22. The number of rotatable bonds is 2. The van der Waals surface area contributed by atoms with Gasteiger partial charge in [0.05, 0.1) is 17.6 Å². The first-order valence-corrected chi connectivity index (χ1v) is 5.94. The molecule has 0 fully saturated rings. The summed E-state index contributed by atoms with van der Waals surface area (Å²) < 4.78 is 2.12. The molecule has 1 aromatic heterocycles. The summed E-state index contributed by atoms with van der Waals surface area (Å²) in [7, 11) is 0. The van der Waals surface area contributed by atoms with Crippen molar-refractivity contribution >= 4 is 11.0 Å². The molecule has 3 rings (SSSR count). The predicted octanol–water partition coefficient (Wildman–Crippen LogP) is 2.83. The summed E-state index contributed by atoms with van der Waals surface area (Å²) in [6.07, 6.45) is 0. The van der Waals surface area contributed by atoms with Gasteiger partial charge in [-0.25, -0.2) is 4.98 Å². The molecule has 0 radical (unpaired) electrons. The van der Waals surface area contributed by atoms with E-state index in [1.54, 1.807) is 0 Å². The number of aryl methyl sites for hydroxylation is 1. The molecule has 18 heavy (non-hydrogen) atoms. The minimum absolute atomic E-state index is 0.0488. The van der Waals surface area contributed by atoms with Gasteiger partial charge in [0.15, 0.2) is 0 Å². The van der Waals surface area contributed by atoms with Crippen LogP contribution in [0.1, 0.15) is 11.4 Å². The highest BCUT2D eigenvalue weighted by molar-refractivity contribution is 5.79. The van der Waals surface area contributed by atoms with Crippen LogP contribution in [0.2, 0.25) is 0 Å². The summed E-state index contributed by atoms with van der Waals surface area (Å²) in [5.41, 5.74) is 3.98. The molecule has 1 N–H and O–H groups in total. The summed E-state index contributed by atoms with van der Waals surface area (Å²) in [5, 5.41) is 9.16. The zero-order chi connectivity index (χ0) is 12.5. The minimum Gasteiger partial charge on any atom is -0.392 e. The van der Waals surface area contributed by atoms with Gasteiger partial charge in [-0.15, -0.1) is 0 Å². The maximum absolute atomic E-state index is 9.16. The van der Waals surface area contributed by atoms with Gasteiger partial charge in [-0.1, -0.05) is 24.3 Å². The lowest BCUT2D eigenvalue weighted by Gasteiger charge is -2.06. The maximum atomic E-state index is 9.16. The van der Waals surface area contributed by atoms with Crippen LogP contribution in [-0.2, 0) is 6.61 Å². The van der Waals surface area contributed by atoms with Crippen molar-refractivity contribution in [3.05, 3.63) is 59.9 Å². The number of benzene rings is 2. The van der Waals surface area contributed by atoms with Gasteiger partial charge in [-0.3, -0.25) is 4.57 Å². The monoisotopic (exact) mass is 238 g/mol. The van der Waals surface area contributed by atoms with Gasteiger partial charge in [-0.2, -0.15) is 0 Å². The van der Waals surface area contributed by atoms with E-state index in [4.69, 9.17) is 5.11 Å². The molecule has 90 valence electrons. The molecule has 0 aliphatic rings. The molecule has 0 bridgehead atoms. The van der Waals surface area contributed by atoms with Gasteiger partial charge in [0.25, 0.3) is 0 Å². The van der Waals surface area contributed by atoms with Gasteiger partial charge in [0, 0.05) is 5.69 Å². The molecule has 0 spiro atoms. The van der Waals surface area contributed by atoms with Crippen molar-refractivity contribution in [2.24, 2.45) is 0 Å². The lowest BCUT2D eigenvalue weighted by molar-refractivity contribution is 0.282. The molecule has 3 aromatic rings. The lowest BCUT2D eigenvalue weighted by Crippen LogP contribution is -1.96. The third kappa shape index (κ3) is 1.69. The zero-order valence-corrected chi connectivity index (χ0v) is 10.2. The Morgan fingerprint density at radius 1 is 1.11 bits per heavy atom. The van der Waals surface area contributed by atoms with E-state index in [0.717, 1.165) is 28.1 Å². The van der Waals surface area contributed by atoms with E-state index in [2.05, 4.69) is 21.7 Å². The van der Waals surface area contributed by atoms with Crippen LogP contribution >= 0.6 is 0 Å². The number of aliphatic hydroxyl groups is 1. The molecular formula is C15H14N2O. The van der Waals surface area contributed by atoms with E-state index in [1.807, 2.05) is 43.3 Å². The average molecular weight is 238 g/mol. The van der Waals surface area contributed by atoms with Crippen LogP contribution in [0.4, 0.5) is 0 Å². The normalized spacial score (nSPS) is 11.0. The largest absolute Gasteiger partial charge is 0.392 e. The Morgan fingerprint density at radius 2 is 1.89 bits per heavy atom. The summed E-state index contributed by atoms with van der Waals surface area (Å²) in [5.74, 6) is 0.950. The maximum Gasteiger partial charge on any atom is 0.111 e. The molecule has 2 aromatic carbocycles. The summed E-state index contributed by atoms with van der Waals surface area (Å²) in [6.45, 7) is 2.04. The van der Waals surface area contributed by atoms with E-state index in [-0.39, 0.29) is 6.61 Å². The first-order valence-electron chi connectivity index (χ1n) is 5.94. The Bertz CT molecular complexity index is 686. The van der Waals surface area contributed by atoms with Gasteiger partial charge in [0.1, 0.15) is 5.82 Å². The number of hydrogen-bond acceptors (Lipinski definition) is 2. The van der Waals surface area contributed by atoms with E-state index in [0.29, 0.717) is 0 Å². The van der Waals surface area contributed by atoms with Crippen molar-refractivity contribution in [3.8, 4) is 5.69 Å². The molecule has 3 nitrogen and oxygen atoms in total. The second kappa shape index (κ2) is 4.27. The SMILES string of the molecule is Cc1nc2cc(CO)ccc2n1-c1ccccc1. The highest BCUT2D eigenvalue weighted by Gasteiger charge is 2.09. The van der Waals surface area contributed by atoms with Crippen LogP contribution in [0.3, 0.4) is 0 Å². The van der Waals surface area contributed by atoms with Crippen LogP contribution in [-0.4, -0.2) is 14.7 Å². The summed E-state index contributed by atoms with van der Waals surface area (Å²) >= 11 is 0. The first-order chi connectivity index (χ1) is 8.79. The van der Waals surface area contributed by atoms with Crippen LogP contribution in [0.5, 0.6) is 0 Å². The quantitative estimate of drug-likeness (QED) is 0.745. The molecule has 0 unspecified atom stereocenters. The van der Waals surface area contributed by atoms with E-state index in [9.17, 15) is 0 Å². The van der Waals surface area contributed by atoms with Crippen LogP contribution in [0.15, 0.2) is 48.5 Å².